The molecule has 0 radical (unpaired) electrons. The Hall–Kier alpha value is -1.08. The molecule has 1 nitrogen and oxygen atoms in total. The van der Waals surface area contributed by atoms with Crippen molar-refractivity contribution >= 4 is 0 Å². The van der Waals surface area contributed by atoms with Crippen molar-refractivity contribution in [1.82, 2.24) is 5.32 Å². The van der Waals surface area contributed by atoms with E-state index in [0.29, 0.717) is 0 Å². The van der Waals surface area contributed by atoms with Gasteiger partial charge in [0.1, 0.15) is 0 Å². The predicted octanol–water partition coefficient (Wildman–Crippen LogP) is 3.80. The van der Waals surface area contributed by atoms with Crippen molar-refractivity contribution in [2.75, 3.05) is 6.54 Å². The lowest BCUT2D eigenvalue weighted by Gasteiger charge is -2.36. The summed E-state index contributed by atoms with van der Waals surface area (Å²) in [7, 11) is 0. The molecule has 1 heteroatoms. The molecule has 0 bridgehead atoms. The molecule has 0 atom stereocenters. The second kappa shape index (κ2) is 5.50. The summed E-state index contributed by atoms with van der Waals surface area (Å²) in [4.78, 5) is 0. The minimum Gasteiger partial charge on any atom is -0.310 e. The van der Waals surface area contributed by atoms with Crippen LogP contribution >= 0.6 is 0 Å². The molecule has 0 saturated heterocycles. The Labute approximate surface area is 105 Å². The van der Waals surface area contributed by atoms with Crippen LogP contribution in [-0.4, -0.2) is 12.6 Å². The van der Waals surface area contributed by atoms with Crippen molar-refractivity contribution in [3.63, 3.8) is 0 Å². The standard InChI is InChI=1S/C16H23N/c1-12(2)8-9-17-16-10-15(11-16)14-6-4-13(3)5-7-14/h4-8,15-17H,9-11H2,1-3H3. The Balaban J connectivity index is 1.75. The van der Waals surface area contributed by atoms with Crippen LogP contribution in [0.5, 0.6) is 0 Å². The van der Waals surface area contributed by atoms with Gasteiger partial charge in [-0.25, -0.2) is 0 Å². The van der Waals surface area contributed by atoms with E-state index < -0.39 is 0 Å². The third-order valence-corrected chi connectivity index (χ3v) is 3.60. The number of hydrogen-bond donors (Lipinski definition) is 1. The van der Waals surface area contributed by atoms with Crippen LogP contribution in [-0.2, 0) is 0 Å². The van der Waals surface area contributed by atoms with E-state index in [-0.39, 0.29) is 0 Å². The van der Waals surface area contributed by atoms with Gasteiger partial charge in [-0.2, -0.15) is 0 Å². The fourth-order valence-corrected chi connectivity index (χ4v) is 2.33. The third kappa shape index (κ3) is 3.44. The molecule has 1 N–H and O–H groups in total. The Kier molecular flexibility index (Phi) is 4.01. The lowest BCUT2D eigenvalue weighted by molar-refractivity contribution is 0.299. The van der Waals surface area contributed by atoms with Crippen LogP contribution in [0.15, 0.2) is 35.9 Å². The highest BCUT2D eigenvalue weighted by atomic mass is 14.9. The molecule has 0 amide bonds. The van der Waals surface area contributed by atoms with E-state index in [1.807, 2.05) is 0 Å². The molecule has 0 unspecified atom stereocenters. The van der Waals surface area contributed by atoms with E-state index in [0.717, 1.165) is 18.5 Å². The molecular formula is C16H23N. The molecule has 17 heavy (non-hydrogen) atoms. The lowest BCUT2D eigenvalue weighted by atomic mass is 9.76. The zero-order valence-corrected chi connectivity index (χ0v) is 11.2. The summed E-state index contributed by atoms with van der Waals surface area (Å²) < 4.78 is 0. The number of allylic oxidation sites excluding steroid dienone is 1. The van der Waals surface area contributed by atoms with Gasteiger partial charge in [0.15, 0.2) is 0 Å². The van der Waals surface area contributed by atoms with E-state index in [1.54, 1.807) is 0 Å². The van der Waals surface area contributed by atoms with Crippen LogP contribution in [0.2, 0.25) is 0 Å². The van der Waals surface area contributed by atoms with Gasteiger partial charge < -0.3 is 5.32 Å². The molecular weight excluding hydrogens is 206 g/mol. The first kappa shape index (κ1) is 12.4. The van der Waals surface area contributed by atoms with Crippen molar-refractivity contribution in [2.45, 2.75) is 45.6 Å². The van der Waals surface area contributed by atoms with Crippen molar-refractivity contribution < 1.29 is 0 Å². The third-order valence-electron chi connectivity index (χ3n) is 3.60. The molecule has 1 aliphatic carbocycles. The average Bonchev–Trinajstić information content (AvgIpc) is 2.23. The Morgan fingerprint density at radius 2 is 1.88 bits per heavy atom. The van der Waals surface area contributed by atoms with Gasteiger partial charge in [0.05, 0.1) is 0 Å². The highest BCUT2D eigenvalue weighted by Crippen LogP contribution is 2.36. The van der Waals surface area contributed by atoms with Crippen LogP contribution in [0.4, 0.5) is 0 Å². The van der Waals surface area contributed by atoms with Gasteiger partial charge in [-0.05, 0) is 45.1 Å². The van der Waals surface area contributed by atoms with Crippen molar-refractivity contribution in [2.24, 2.45) is 0 Å². The number of aryl methyl sites for hydroxylation is 1. The highest BCUT2D eigenvalue weighted by molar-refractivity contribution is 5.26. The summed E-state index contributed by atoms with van der Waals surface area (Å²) >= 11 is 0. The lowest BCUT2D eigenvalue weighted by Crippen LogP contribution is -2.40. The van der Waals surface area contributed by atoms with Gasteiger partial charge in [0.25, 0.3) is 0 Å². The summed E-state index contributed by atoms with van der Waals surface area (Å²) in [6, 6.07) is 9.73. The zero-order chi connectivity index (χ0) is 12.3. The largest absolute Gasteiger partial charge is 0.310 e. The first-order chi connectivity index (χ1) is 8.15. The Morgan fingerprint density at radius 1 is 1.24 bits per heavy atom. The van der Waals surface area contributed by atoms with E-state index in [1.165, 1.54) is 29.5 Å². The highest BCUT2D eigenvalue weighted by Gasteiger charge is 2.29. The van der Waals surface area contributed by atoms with Crippen LogP contribution in [0.3, 0.4) is 0 Å². The summed E-state index contributed by atoms with van der Waals surface area (Å²) in [6.07, 6.45) is 4.85. The van der Waals surface area contributed by atoms with Crippen LogP contribution in [0.25, 0.3) is 0 Å². The fourth-order valence-electron chi connectivity index (χ4n) is 2.33. The minimum atomic E-state index is 0.719. The summed E-state index contributed by atoms with van der Waals surface area (Å²) in [5, 5.41) is 3.59. The van der Waals surface area contributed by atoms with Gasteiger partial charge in [-0.3, -0.25) is 0 Å². The molecule has 1 aromatic rings. The van der Waals surface area contributed by atoms with E-state index in [4.69, 9.17) is 0 Å². The van der Waals surface area contributed by atoms with Gasteiger partial charge in [-0.1, -0.05) is 41.5 Å². The van der Waals surface area contributed by atoms with Crippen LogP contribution in [0.1, 0.15) is 43.7 Å². The molecule has 92 valence electrons. The molecule has 1 aliphatic rings. The maximum absolute atomic E-state index is 3.59. The Bertz CT molecular complexity index is 378. The van der Waals surface area contributed by atoms with Gasteiger partial charge in [0.2, 0.25) is 0 Å². The van der Waals surface area contributed by atoms with Crippen molar-refractivity contribution in [3.05, 3.63) is 47.0 Å². The van der Waals surface area contributed by atoms with Crippen molar-refractivity contribution in [3.8, 4) is 0 Å². The van der Waals surface area contributed by atoms with Crippen LogP contribution < -0.4 is 5.32 Å². The van der Waals surface area contributed by atoms with Crippen molar-refractivity contribution in [1.29, 1.82) is 0 Å². The number of hydrogen-bond acceptors (Lipinski definition) is 1. The molecule has 1 fully saturated rings. The summed E-state index contributed by atoms with van der Waals surface area (Å²) in [5.41, 5.74) is 4.26. The molecule has 2 rings (SSSR count). The van der Waals surface area contributed by atoms with E-state index in [9.17, 15) is 0 Å². The summed E-state index contributed by atoms with van der Waals surface area (Å²) in [6.45, 7) is 7.47. The number of benzene rings is 1. The quantitative estimate of drug-likeness (QED) is 0.774. The number of nitrogens with one attached hydrogen (secondary N) is 1. The maximum atomic E-state index is 3.59. The monoisotopic (exact) mass is 229 g/mol. The fraction of sp³-hybridized carbons (Fsp3) is 0.500. The number of rotatable bonds is 4. The molecule has 1 aromatic carbocycles. The van der Waals surface area contributed by atoms with E-state index >= 15 is 0 Å². The van der Waals surface area contributed by atoms with Gasteiger partial charge >= 0.3 is 0 Å². The summed E-state index contributed by atoms with van der Waals surface area (Å²) in [5.74, 6) is 0.778. The van der Waals surface area contributed by atoms with E-state index in [2.05, 4.69) is 56.4 Å². The second-order valence-corrected chi connectivity index (χ2v) is 5.47. The molecule has 0 heterocycles. The first-order valence-electron chi connectivity index (χ1n) is 6.58. The zero-order valence-electron chi connectivity index (χ0n) is 11.2. The van der Waals surface area contributed by atoms with Gasteiger partial charge in [-0.15, -0.1) is 0 Å². The molecule has 1 saturated carbocycles. The molecule has 0 aromatic heterocycles. The van der Waals surface area contributed by atoms with Gasteiger partial charge in [0, 0.05) is 12.6 Å². The molecule has 0 aliphatic heterocycles. The predicted molar refractivity (Wildman–Crippen MR) is 74.4 cm³/mol. The average molecular weight is 229 g/mol. The smallest absolute Gasteiger partial charge is 0.0139 e. The van der Waals surface area contributed by atoms with Crippen LogP contribution in [0, 0.1) is 6.92 Å². The second-order valence-electron chi connectivity index (χ2n) is 5.47. The molecule has 0 spiro atoms. The minimum absolute atomic E-state index is 0.719. The topological polar surface area (TPSA) is 12.0 Å². The SMILES string of the molecule is CC(C)=CCNC1CC(c2ccc(C)cc2)C1. The first-order valence-corrected chi connectivity index (χ1v) is 6.58. The normalized spacial score (nSPS) is 23.0. The maximum Gasteiger partial charge on any atom is 0.0139 e. The Morgan fingerprint density at radius 3 is 2.47 bits per heavy atom.